The summed E-state index contributed by atoms with van der Waals surface area (Å²) in [6, 6.07) is 8.35. The van der Waals surface area contributed by atoms with E-state index >= 15 is 0 Å². The number of anilines is 1. The number of rotatable bonds is 5. The maximum atomic E-state index is 12.9. The van der Waals surface area contributed by atoms with Gasteiger partial charge in [0.2, 0.25) is 0 Å². The molecule has 0 N–H and O–H groups in total. The lowest BCUT2D eigenvalue weighted by molar-refractivity contribution is 0.0706. The molecule has 128 valence electrons. The minimum atomic E-state index is 0.164. The Morgan fingerprint density at radius 2 is 2.08 bits per heavy atom. The van der Waals surface area contributed by atoms with E-state index in [1.165, 1.54) is 0 Å². The number of hydrogen-bond donors (Lipinski definition) is 0. The first-order valence-corrected chi connectivity index (χ1v) is 9.01. The summed E-state index contributed by atoms with van der Waals surface area (Å²) < 4.78 is 5.47. The van der Waals surface area contributed by atoms with Crippen molar-refractivity contribution in [2.24, 2.45) is 11.0 Å². The van der Waals surface area contributed by atoms with E-state index < -0.39 is 0 Å². The van der Waals surface area contributed by atoms with Gasteiger partial charge in [-0.15, -0.1) is 0 Å². The molecule has 0 spiro atoms. The molecule has 2 fully saturated rings. The summed E-state index contributed by atoms with van der Waals surface area (Å²) in [7, 11) is 0. The van der Waals surface area contributed by atoms with E-state index in [2.05, 4.69) is 16.9 Å². The SMILES string of the molecule is CC1=NN(c2ccc(C(=O)N(C[C@H]3CCOC3)C3CC3)cc2)CC1. The highest BCUT2D eigenvalue weighted by Crippen LogP contribution is 2.31. The molecule has 0 bridgehead atoms. The van der Waals surface area contributed by atoms with Crippen LogP contribution >= 0.6 is 0 Å². The first kappa shape index (κ1) is 15.6. The number of carbonyl (C=O) groups excluding carboxylic acids is 1. The minimum Gasteiger partial charge on any atom is -0.381 e. The van der Waals surface area contributed by atoms with Crippen LogP contribution in [0.2, 0.25) is 0 Å². The van der Waals surface area contributed by atoms with Crippen molar-refractivity contribution >= 4 is 17.3 Å². The van der Waals surface area contributed by atoms with E-state index in [0.29, 0.717) is 12.0 Å². The number of hydrazone groups is 1. The van der Waals surface area contributed by atoms with Crippen molar-refractivity contribution in [3.63, 3.8) is 0 Å². The van der Waals surface area contributed by atoms with Gasteiger partial charge >= 0.3 is 0 Å². The van der Waals surface area contributed by atoms with E-state index in [9.17, 15) is 4.79 Å². The second kappa shape index (κ2) is 6.55. The van der Waals surface area contributed by atoms with Crippen LogP contribution in [0.25, 0.3) is 0 Å². The monoisotopic (exact) mass is 327 g/mol. The third-order valence-electron chi connectivity index (χ3n) is 5.12. The van der Waals surface area contributed by atoms with Crippen molar-refractivity contribution < 1.29 is 9.53 Å². The van der Waals surface area contributed by atoms with Crippen molar-refractivity contribution in [3.05, 3.63) is 29.8 Å². The molecular weight excluding hydrogens is 302 g/mol. The van der Waals surface area contributed by atoms with Gasteiger partial charge in [0, 0.05) is 49.4 Å². The summed E-state index contributed by atoms with van der Waals surface area (Å²) in [5.74, 6) is 0.660. The number of amides is 1. The van der Waals surface area contributed by atoms with E-state index in [0.717, 1.165) is 68.9 Å². The lowest BCUT2D eigenvalue weighted by atomic mass is 10.1. The highest BCUT2D eigenvalue weighted by atomic mass is 16.5. The van der Waals surface area contributed by atoms with E-state index in [4.69, 9.17) is 4.74 Å². The molecule has 5 nitrogen and oxygen atoms in total. The van der Waals surface area contributed by atoms with Gasteiger partial charge in [0.15, 0.2) is 0 Å². The molecule has 1 aliphatic carbocycles. The molecule has 1 aromatic rings. The highest BCUT2D eigenvalue weighted by molar-refractivity contribution is 5.95. The van der Waals surface area contributed by atoms with E-state index in [1.54, 1.807) is 0 Å². The Hall–Kier alpha value is -1.88. The zero-order chi connectivity index (χ0) is 16.5. The van der Waals surface area contributed by atoms with Gasteiger partial charge in [0.05, 0.1) is 12.3 Å². The van der Waals surface area contributed by atoms with Gasteiger partial charge in [-0.05, 0) is 50.5 Å². The first-order valence-electron chi connectivity index (χ1n) is 9.01. The van der Waals surface area contributed by atoms with Crippen molar-refractivity contribution in [1.29, 1.82) is 0 Å². The molecule has 1 amide bonds. The van der Waals surface area contributed by atoms with Crippen molar-refractivity contribution in [1.82, 2.24) is 4.90 Å². The largest absolute Gasteiger partial charge is 0.381 e. The second-order valence-electron chi connectivity index (χ2n) is 7.17. The van der Waals surface area contributed by atoms with Gasteiger partial charge < -0.3 is 9.64 Å². The second-order valence-corrected chi connectivity index (χ2v) is 7.17. The number of nitrogens with zero attached hydrogens (tertiary/aromatic N) is 3. The summed E-state index contributed by atoms with van der Waals surface area (Å²) in [6.45, 7) is 5.44. The molecule has 2 aliphatic heterocycles. The van der Waals surface area contributed by atoms with Crippen LogP contribution in [-0.4, -0.2) is 48.9 Å². The molecule has 0 aromatic heterocycles. The number of carbonyl (C=O) groups is 1. The molecular formula is C19H25N3O2. The predicted molar refractivity (Wildman–Crippen MR) is 94.5 cm³/mol. The average molecular weight is 327 g/mol. The predicted octanol–water partition coefficient (Wildman–Crippen LogP) is 2.91. The van der Waals surface area contributed by atoms with E-state index in [-0.39, 0.29) is 5.91 Å². The van der Waals surface area contributed by atoms with Gasteiger partial charge in [-0.2, -0.15) is 5.10 Å². The maximum Gasteiger partial charge on any atom is 0.254 e. The third kappa shape index (κ3) is 3.31. The Labute approximate surface area is 143 Å². The van der Waals surface area contributed by atoms with Crippen molar-refractivity contribution in [2.75, 3.05) is 31.3 Å². The standard InChI is InChI=1S/C19H25N3O2/c1-14-8-10-22(20-14)18-4-2-16(3-5-18)19(23)21(17-6-7-17)12-15-9-11-24-13-15/h2-5,15,17H,6-13H2,1H3/t15-/m1/s1. The van der Waals surface area contributed by atoms with Gasteiger partial charge in [-0.3, -0.25) is 9.80 Å². The number of hydrogen-bond acceptors (Lipinski definition) is 4. The van der Waals surface area contributed by atoms with Gasteiger partial charge in [-0.1, -0.05) is 0 Å². The molecule has 0 unspecified atom stereocenters. The number of benzene rings is 1. The molecule has 0 radical (unpaired) electrons. The van der Waals surface area contributed by atoms with Gasteiger partial charge in [-0.25, -0.2) is 0 Å². The average Bonchev–Trinajstić information content (AvgIpc) is 3.13. The van der Waals surface area contributed by atoms with Crippen LogP contribution in [0, 0.1) is 5.92 Å². The molecule has 5 heteroatoms. The first-order chi connectivity index (χ1) is 11.7. The van der Waals surface area contributed by atoms with Crippen LogP contribution in [-0.2, 0) is 4.74 Å². The van der Waals surface area contributed by atoms with Crippen molar-refractivity contribution in [2.45, 2.75) is 38.6 Å². The normalized spacial score (nSPS) is 23.5. The molecule has 1 aromatic carbocycles. The van der Waals surface area contributed by atoms with Crippen LogP contribution in [0.1, 0.15) is 43.0 Å². The molecule has 1 saturated carbocycles. The highest BCUT2D eigenvalue weighted by Gasteiger charge is 2.35. The zero-order valence-corrected chi connectivity index (χ0v) is 14.3. The van der Waals surface area contributed by atoms with E-state index in [1.807, 2.05) is 29.3 Å². The Bertz CT molecular complexity index is 631. The lowest BCUT2D eigenvalue weighted by Crippen LogP contribution is -2.37. The Kier molecular flexibility index (Phi) is 4.27. The topological polar surface area (TPSA) is 45.1 Å². The van der Waals surface area contributed by atoms with Crippen LogP contribution in [0.15, 0.2) is 29.4 Å². The lowest BCUT2D eigenvalue weighted by Gasteiger charge is -2.25. The van der Waals surface area contributed by atoms with Crippen LogP contribution in [0.5, 0.6) is 0 Å². The zero-order valence-electron chi connectivity index (χ0n) is 14.3. The fourth-order valence-electron chi connectivity index (χ4n) is 3.49. The third-order valence-corrected chi connectivity index (χ3v) is 5.12. The molecule has 4 rings (SSSR count). The molecule has 1 atom stereocenters. The minimum absolute atomic E-state index is 0.164. The molecule has 2 heterocycles. The van der Waals surface area contributed by atoms with Crippen LogP contribution < -0.4 is 5.01 Å². The Balaban J connectivity index is 1.46. The van der Waals surface area contributed by atoms with Crippen LogP contribution in [0.4, 0.5) is 5.69 Å². The summed E-state index contributed by atoms with van der Waals surface area (Å²) in [6.07, 6.45) is 4.36. The Morgan fingerprint density at radius 3 is 2.67 bits per heavy atom. The summed E-state index contributed by atoms with van der Waals surface area (Å²) >= 11 is 0. The van der Waals surface area contributed by atoms with Gasteiger partial charge in [0.25, 0.3) is 5.91 Å². The summed E-state index contributed by atoms with van der Waals surface area (Å²) in [5, 5.41) is 6.53. The van der Waals surface area contributed by atoms with Gasteiger partial charge in [0.1, 0.15) is 0 Å². The molecule has 24 heavy (non-hydrogen) atoms. The Morgan fingerprint density at radius 1 is 1.29 bits per heavy atom. The fourth-order valence-corrected chi connectivity index (χ4v) is 3.49. The number of ether oxygens (including phenoxy) is 1. The maximum absolute atomic E-state index is 12.9. The van der Waals surface area contributed by atoms with Crippen molar-refractivity contribution in [3.8, 4) is 0 Å². The fraction of sp³-hybridized carbons (Fsp3) is 0.579. The molecule has 3 aliphatic rings. The summed E-state index contributed by atoms with van der Waals surface area (Å²) in [4.78, 5) is 15.0. The smallest absolute Gasteiger partial charge is 0.254 e. The quantitative estimate of drug-likeness (QED) is 0.835. The molecule has 1 saturated heterocycles. The van der Waals surface area contributed by atoms with Crippen LogP contribution in [0.3, 0.4) is 0 Å². The summed E-state index contributed by atoms with van der Waals surface area (Å²) in [5.41, 5.74) is 3.00.